The first-order valence-corrected chi connectivity index (χ1v) is 5.73. The van der Waals surface area contributed by atoms with Crippen LogP contribution in [0.4, 0.5) is 0 Å². The average Bonchev–Trinajstić information content (AvgIpc) is 2.00. The summed E-state index contributed by atoms with van der Waals surface area (Å²) >= 11 is 0. The van der Waals surface area contributed by atoms with Crippen molar-refractivity contribution in [1.82, 2.24) is 4.90 Å². The molecule has 0 aromatic heterocycles. The Balaban J connectivity index is 0. The van der Waals surface area contributed by atoms with Crippen LogP contribution in [0.15, 0.2) is 0 Å². The number of hydrogen-bond donors (Lipinski definition) is 0. The molecule has 0 aliphatic carbocycles. The molecule has 0 aromatic rings. The fraction of sp³-hybridized carbons (Fsp3) is 1.00. The zero-order chi connectivity index (χ0) is 10.7. The molecule has 0 aliphatic heterocycles. The standard InChI is InChI=1S/C8H19N.C4H10/c1-4-6-8-9(3)7-5-2;1-4(2)3/h4-8H2,1-3H3;4H,1-3H3. The summed E-state index contributed by atoms with van der Waals surface area (Å²) < 4.78 is 0. The second-order valence-electron chi connectivity index (χ2n) is 4.39. The molecule has 13 heavy (non-hydrogen) atoms. The molecule has 0 bridgehead atoms. The lowest BCUT2D eigenvalue weighted by Gasteiger charge is -2.13. The predicted octanol–water partition coefficient (Wildman–Crippen LogP) is 3.79. The van der Waals surface area contributed by atoms with Crippen molar-refractivity contribution in [3.63, 3.8) is 0 Å². The van der Waals surface area contributed by atoms with E-state index in [-0.39, 0.29) is 0 Å². The van der Waals surface area contributed by atoms with Crippen LogP contribution in [0.2, 0.25) is 0 Å². The zero-order valence-corrected chi connectivity index (χ0v) is 10.6. The maximum absolute atomic E-state index is 2.39. The number of rotatable bonds is 5. The normalized spacial score (nSPS) is 10.2. The summed E-state index contributed by atoms with van der Waals surface area (Å²) in [4.78, 5) is 2.39. The molecule has 0 N–H and O–H groups in total. The SMILES string of the molecule is CC(C)C.CCCCN(C)CCC. The van der Waals surface area contributed by atoms with Gasteiger partial charge in [-0.05, 0) is 38.9 Å². The molecule has 0 fully saturated rings. The number of nitrogens with zero attached hydrogens (tertiary/aromatic N) is 1. The van der Waals surface area contributed by atoms with Gasteiger partial charge in [-0.15, -0.1) is 0 Å². The molecule has 0 radical (unpaired) electrons. The Hall–Kier alpha value is -0.0400. The molecule has 0 rings (SSSR count). The van der Waals surface area contributed by atoms with Gasteiger partial charge in [0.05, 0.1) is 0 Å². The van der Waals surface area contributed by atoms with Crippen molar-refractivity contribution < 1.29 is 0 Å². The fourth-order valence-corrected chi connectivity index (χ4v) is 0.922. The predicted molar refractivity (Wildman–Crippen MR) is 63.2 cm³/mol. The van der Waals surface area contributed by atoms with Gasteiger partial charge in [-0.1, -0.05) is 41.0 Å². The first-order chi connectivity index (χ1) is 6.04. The molecule has 0 unspecified atom stereocenters. The van der Waals surface area contributed by atoms with Crippen LogP contribution < -0.4 is 0 Å². The monoisotopic (exact) mass is 187 g/mol. The number of hydrogen-bond acceptors (Lipinski definition) is 1. The summed E-state index contributed by atoms with van der Waals surface area (Å²) in [5.74, 6) is 0.833. The van der Waals surface area contributed by atoms with Gasteiger partial charge < -0.3 is 4.90 Å². The van der Waals surface area contributed by atoms with Gasteiger partial charge >= 0.3 is 0 Å². The van der Waals surface area contributed by atoms with E-state index in [2.05, 4.69) is 46.6 Å². The van der Waals surface area contributed by atoms with Gasteiger partial charge in [-0.3, -0.25) is 0 Å². The van der Waals surface area contributed by atoms with Crippen molar-refractivity contribution in [2.24, 2.45) is 5.92 Å². The van der Waals surface area contributed by atoms with Gasteiger partial charge in [0.25, 0.3) is 0 Å². The van der Waals surface area contributed by atoms with Crippen molar-refractivity contribution >= 4 is 0 Å². The van der Waals surface area contributed by atoms with Crippen molar-refractivity contribution in [3.8, 4) is 0 Å². The summed E-state index contributed by atoms with van der Waals surface area (Å²) in [5, 5.41) is 0. The van der Waals surface area contributed by atoms with Crippen LogP contribution in [0.3, 0.4) is 0 Å². The lowest BCUT2D eigenvalue weighted by Crippen LogP contribution is -2.19. The highest BCUT2D eigenvalue weighted by molar-refractivity contribution is 4.47. The van der Waals surface area contributed by atoms with Crippen molar-refractivity contribution in [2.75, 3.05) is 20.1 Å². The van der Waals surface area contributed by atoms with Crippen LogP contribution in [0.5, 0.6) is 0 Å². The summed E-state index contributed by atoms with van der Waals surface area (Å²) in [6.07, 6.45) is 3.94. The van der Waals surface area contributed by atoms with E-state index in [1.165, 1.54) is 32.4 Å². The molecule has 82 valence electrons. The minimum Gasteiger partial charge on any atom is -0.306 e. The zero-order valence-electron chi connectivity index (χ0n) is 10.6. The molecule has 0 saturated carbocycles. The van der Waals surface area contributed by atoms with E-state index in [1.807, 2.05) is 0 Å². The minimum absolute atomic E-state index is 0.833. The molecule has 1 nitrogen and oxygen atoms in total. The molecule has 0 atom stereocenters. The second kappa shape index (κ2) is 12.0. The van der Waals surface area contributed by atoms with Crippen molar-refractivity contribution in [1.29, 1.82) is 0 Å². The van der Waals surface area contributed by atoms with E-state index < -0.39 is 0 Å². The fourth-order valence-electron chi connectivity index (χ4n) is 0.922. The summed E-state index contributed by atoms with van der Waals surface area (Å²) in [7, 11) is 2.19. The Labute approximate surface area is 85.5 Å². The van der Waals surface area contributed by atoms with E-state index in [0.29, 0.717) is 0 Å². The first-order valence-electron chi connectivity index (χ1n) is 5.73. The molecule has 0 saturated heterocycles. The second-order valence-corrected chi connectivity index (χ2v) is 4.39. The maximum atomic E-state index is 2.39. The lowest BCUT2D eigenvalue weighted by atomic mass is 10.3. The van der Waals surface area contributed by atoms with Gasteiger partial charge in [0.2, 0.25) is 0 Å². The van der Waals surface area contributed by atoms with Crippen molar-refractivity contribution in [3.05, 3.63) is 0 Å². The third-order valence-electron chi connectivity index (χ3n) is 1.50. The molecular formula is C12H29N. The Morgan fingerprint density at radius 3 is 1.69 bits per heavy atom. The average molecular weight is 187 g/mol. The Bertz CT molecular complexity index is 76.4. The van der Waals surface area contributed by atoms with Gasteiger partial charge in [-0.25, -0.2) is 0 Å². The highest BCUT2D eigenvalue weighted by Gasteiger charge is 1.92. The summed E-state index contributed by atoms with van der Waals surface area (Å²) in [6, 6.07) is 0. The van der Waals surface area contributed by atoms with E-state index >= 15 is 0 Å². The van der Waals surface area contributed by atoms with Crippen LogP contribution in [0.25, 0.3) is 0 Å². The third kappa shape index (κ3) is 24.5. The highest BCUT2D eigenvalue weighted by atomic mass is 15.1. The quantitative estimate of drug-likeness (QED) is 0.633. The maximum Gasteiger partial charge on any atom is -0.00219 e. The van der Waals surface area contributed by atoms with Crippen molar-refractivity contribution in [2.45, 2.75) is 53.9 Å². The van der Waals surface area contributed by atoms with Gasteiger partial charge in [0, 0.05) is 0 Å². The molecule has 0 aromatic carbocycles. The van der Waals surface area contributed by atoms with Gasteiger partial charge in [0.15, 0.2) is 0 Å². The van der Waals surface area contributed by atoms with Crippen LogP contribution in [-0.2, 0) is 0 Å². The van der Waals surface area contributed by atoms with E-state index in [0.717, 1.165) is 5.92 Å². The van der Waals surface area contributed by atoms with E-state index in [9.17, 15) is 0 Å². The third-order valence-corrected chi connectivity index (χ3v) is 1.50. The van der Waals surface area contributed by atoms with Crippen LogP contribution in [0, 0.1) is 5.92 Å². The molecule has 0 aliphatic rings. The Morgan fingerprint density at radius 2 is 1.38 bits per heavy atom. The van der Waals surface area contributed by atoms with Crippen LogP contribution in [-0.4, -0.2) is 25.0 Å². The van der Waals surface area contributed by atoms with Gasteiger partial charge in [-0.2, -0.15) is 0 Å². The molecular weight excluding hydrogens is 158 g/mol. The summed E-state index contributed by atoms with van der Waals surface area (Å²) in [6.45, 7) is 13.5. The van der Waals surface area contributed by atoms with E-state index in [1.54, 1.807) is 0 Å². The van der Waals surface area contributed by atoms with Crippen LogP contribution >= 0.6 is 0 Å². The van der Waals surface area contributed by atoms with E-state index in [4.69, 9.17) is 0 Å². The Morgan fingerprint density at radius 1 is 0.923 bits per heavy atom. The molecule has 0 heterocycles. The summed E-state index contributed by atoms with van der Waals surface area (Å²) in [5.41, 5.74) is 0. The molecule has 0 amide bonds. The lowest BCUT2D eigenvalue weighted by molar-refractivity contribution is 0.329. The Kier molecular flexibility index (Phi) is 14.2. The first kappa shape index (κ1) is 15.4. The number of unbranched alkanes of at least 4 members (excludes halogenated alkanes) is 1. The minimum atomic E-state index is 0.833. The van der Waals surface area contributed by atoms with Crippen LogP contribution in [0.1, 0.15) is 53.9 Å². The highest BCUT2D eigenvalue weighted by Crippen LogP contribution is 1.91. The molecule has 1 heteroatoms. The smallest absolute Gasteiger partial charge is 0.00219 e. The van der Waals surface area contributed by atoms with Gasteiger partial charge in [0.1, 0.15) is 0 Å². The largest absolute Gasteiger partial charge is 0.306 e. The topological polar surface area (TPSA) is 3.24 Å². The molecule has 0 spiro atoms.